The van der Waals surface area contributed by atoms with Crippen molar-refractivity contribution in [2.45, 2.75) is 11.9 Å². The predicted molar refractivity (Wildman–Crippen MR) is 63.2 cm³/mol. The van der Waals surface area contributed by atoms with Crippen molar-refractivity contribution in [3.05, 3.63) is 23.6 Å². The van der Waals surface area contributed by atoms with Crippen molar-refractivity contribution >= 4 is 11.9 Å². The SMILES string of the molecule is CN(C)/C=C1\C(=O)N2[C@@H]1O/C(=C\CO)[C@]2(N)C(=O)O. The lowest BCUT2D eigenvalue weighted by Crippen LogP contribution is -2.68. The second-order valence-corrected chi connectivity index (χ2v) is 4.52. The molecule has 2 rings (SSSR count). The van der Waals surface area contributed by atoms with Gasteiger partial charge in [-0.25, -0.2) is 4.79 Å². The maximum Gasteiger partial charge on any atom is 0.353 e. The molecule has 2 aliphatic rings. The summed E-state index contributed by atoms with van der Waals surface area (Å²) in [5, 5.41) is 18.1. The molecule has 8 nitrogen and oxygen atoms in total. The number of aliphatic carboxylic acids is 1. The predicted octanol–water partition coefficient (Wildman–Crippen LogP) is -1.75. The topological polar surface area (TPSA) is 116 Å². The van der Waals surface area contributed by atoms with E-state index in [2.05, 4.69) is 0 Å². The molecule has 0 unspecified atom stereocenters. The first-order valence-electron chi connectivity index (χ1n) is 5.56. The van der Waals surface area contributed by atoms with Gasteiger partial charge in [0.05, 0.1) is 12.2 Å². The summed E-state index contributed by atoms with van der Waals surface area (Å²) in [6.07, 6.45) is 1.87. The Hall–Kier alpha value is -2.06. The largest absolute Gasteiger partial charge is 0.478 e. The molecule has 19 heavy (non-hydrogen) atoms. The smallest absolute Gasteiger partial charge is 0.353 e. The molecule has 2 fully saturated rings. The molecule has 0 aromatic carbocycles. The molecule has 2 aliphatic heterocycles. The van der Waals surface area contributed by atoms with E-state index in [1.807, 2.05) is 0 Å². The summed E-state index contributed by atoms with van der Waals surface area (Å²) in [4.78, 5) is 25.9. The zero-order valence-electron chi connectivity index (χ0n) is 10.5. The van der Waals surface area contributed by atoms with Gasteiger partial charge in [-0.15, -0.1) is 0 Å². The van der Waals surface area contributed by atoms with Crippen molar-refractivity contribution in [2.75, 3.05) is 20.7 Å². The lowest BCUT2D eigenvalue weighted by Gasteiger charge is -2.40. The molecule has 2 heterocycles. The fourth-order valence-corrected chi connectivity index (χ4v) is 2.11. The van der Waals surface area contributed by atoms with Gasteiger partial charge in [-0.05, 0) is 6.08 Å². The first-order valence-corrected chi connectivity index (χ1v) is 5.56. The lowest BCUT2D eigenvalue weighted by atomic mass is 9.99. The molecular weight excluding hydrogens is 254 g/mol. The van der Waals surface area contributed by atoms with Gasteiger partial charge in [0.1, 0.15) is 0 Å². The quantitative estimate of drug-likeness (QED) is 0.411. The molecule has 0 aromatic heterocycles. The molecular formula is C11H15N3O5. The van der Waals surface area contributed by atoms with Crippen LogP contribution in [0.1, 0.15) is 0 Å². The van der Waals surface area contributed by atoms with Crippen LogP contribution in [0.5, 0.6) is 0 Å². The highest BCUT2D eigenvalue weighted by Crippen LogP contribution is 2.44. The van der Waals surface area contributed by atoms with E-state index in [9.17, 15) is 14.7 Å². The van der Waals surface area contributed by atoms with Gasteiger partial charge in [-0.1, -0.05) is 0 Å². The van der Waals surface area contributed by atoms with Crippen LogP contribution >= 0.6 is 0 Å². The minimum Gasteiger partial charge on any atom is -0.478 e. The zero-order valence-corrected chi connectivity index (χ0v) is 10.5. The van der Waals surface area contributed by atoms with Crippen molar-refractivity contribution < 1.29 is 24.5 Å². The third-order valence-electron chi connectivity index (χ3n) is 2.96. The van der Waals surface area contributed by atoms with E-state index >= 15 is 0 Å². The third kappa shape index (κ3) is 1.68. The number of fused-ring (bicyclic) bond motifs is 1. The molecule has 1 amide bonds. The maximum absolute atomic E-state index is 12.0. The summed E-state index contributed by atoms with van der Waals surface area (Å²) in [5.41, 5.74) is 4.02. The molecule has 4 N–H and O–H groups in total. The van der Waals surface area contributed by atoms with Crippen LogP contribution in [0.25, 0.3) is 0 Å². The highest BCUT2D eigenvalue weighted by atomic mass is 16.5. The lowest BCUT2D eigenvalue weighted by molar-refractivity contribution is -0.161. The normalized spacial score (nSPS) is 33.2. The third-order valence-corrected chi connectivity index (χ3v) is 2.96. The number of nitrogens with two attached hydrogens (primary N) is 1. The summed E-state index contributed by atoms with van der Waals surface area (Å²) < 4.78 is 5.37. The highest BCUT2D eigenvalue weighted by molar-refractivity contribution is 6.06. The zero-order chi connectivity index (χ0) is 14.4. The second kappa shape index (κ2) is 4.25. The number of ether oxygens (including phenoxy) is 1. The van der Waals surface area contributed by atoms with Crippen LogP contribution in [0.3, 0.4) is 0 Å². The van der Waals surface area contributed by atoms with E-state index in [0.717, 1.165) is 11.0 Å². The maximum atomic E-state index is 12.0. The Morgan fingerprint density at radius 2 is 2.26 bits per heavy atom. The van der Waals surface area contributed by atoms with Crippen LogP contribution in [0.2, 0.25) is 0 Å². The van der Waals surface area contributed by atoms with Gasteiger partial charge in [0.15, 0.2) is 5.76 Å². The van der Waals surface area contributed by atoms with Crippen molar-refractivity contribution in [3.63, 3.8) is 0 Å². The summed E-state index contributed by atoms with van der Waals surface area (Å²) >= 11 is 0. The van der Waals surface area contributed by atoms with E-state index in [1.54, 1.807) is 25.2 Å². The molecule has 0 aliphatic carbocycles. The van der Waals surface area contributed by atoms with E-state index in [0.29, 0.717) is 5.57 Å². The van der Waals surface area contributed by atoms with Crippen molar-refractivity contribution in [1.29, 1.82) is 0 Å². The first-order chi connectivity index (χ1) is 8.83. The number of nitrogens with zero attached hydrogens (tertiary/aromatic N) is 2. The van der Waals surface area contributed by atoms with Gasteiger partial charge in [0.2, 0.25) is 6.23 Å². The number of hydrogen-bond donors (Lipinski definition) is 3. The Kier molecular flexibility index (Phi) is 2.99. The Balaban J connectivity index is 2.42. The number of carboxylic acids is 1. The molecule has 0 bridgehead atoms. The monoisotopic (exact) mass is 269 g/mol. The van der Waals surface area contributed by atoms with Crippen LogP contribution in [0.15, 0.2) is 23.6 Å². The van der Waals surface area contributed by atoms with Gasteiger partial charge in [0.25, 0.3) is 11.6 Å². The number of amides is 1. The molecule has 2 atom stereocenters. The van der Waals surface area contributed by atoms with Crippen LogP contribution in [0, 0.1) is 0 Å². The Morgan fingerprint density at radius 1 is 1.63 bits per heavy atom. The molecule has 0 radical (unpaired) electrons. The first kappa shape index (κ1) is 13.4. The van der Waals surface area contributed by atoms with Gasteiger partial charge >= 0.3 is 5.97 Å². The van der Waals surface area contributed by atoms with Crippen LogP contribution in [-0.2, 0) is 14.3 Å². The van der Waals surface area contributed by atoms with Crippen LogP contribution in [0.4, 0.5) is 0 Å². The summed E-state index contributed by atoms with van der Waals surface area (Å²) in [7, 11) is 3.46. The van der Waals surface area contributed by atoms with Gasteiger partial charge < -0.3 is 19.8 Å². The molecule has 0 saturated carbocycles. The van der Waals surface area contributed by atoms with E-state index in [4.69, 9.17) is 15.6 Å². The summed E-state index contributed by atoms with van der Waals surface area (Å²) in [5.74, 6) is -2.04. The number of rotatable bonds is 3. The van der Waals surface area contributed by atoms with Crippen molar-refractivity contribution in [1.82, 2.24) is 9.80 Å². The van der Waals surface area contributed by atoms with Crippen molar-refractivity contribution in [2.24, 2.45) is 5.73 Å². The minimum absolute atomic E-state index is 0.136. The van der Waals surface area contributed by atoms with Gasteiger partial charge in [-0.3, -0.25) is 15.4 Å². The Morgan fingerprint density at radius 3 is 2.74 bits per heavy atom. The van der Waals surface area contributed by atoms with E-state index in [-0.39, 0.29) is 5.76 Å². The van der Waals surface area contributed by atoms with Crippen LogP contribution < -0.4 is 5.73 Å². The fourth-order valence-electron chi connectivity index (χ4n) is 2.11. The Labute approximate surface area is 109 Å². The fraction of sp³-hybridized carbons (Fsp3) is 0.455. The molecule has 2 saturated heterocycles. The molecule has 8 heteroatoms. The molecule has 104 valence electrons. The number of β-lactam (4-membered cyclic amide) rings is 1. The number of aliphatic hydroxyl groups is 1. The number of aliphatic hydroxyl groups excluding tert-OH is 1. The number of hydrogen-bond acceptors (Lipinski definition) is 6. The van der Waals surface area contributed by atoms with E-state index < -0.39 is 30.4 Å². The van der Waals surface area contributed by atoms with Gasteiger partial charge in [-0.2, -0.15) is 0 Å². The average Bonchev–Trinajstić information content (AvgIpc) is 2.59. The highest BCUT2D eigenvalue weighted by Gasteiger charge is 2.65. The van der Waals surface area contributed by atoms with Crippen LogP contribution in [-0.4, -0.2) is 64.5 Å². The van der Waals surface area contributed by atoms with Gasteiger partial charge in [0, 0.05) is 20.3 Å². The standard InChI is InChI=1S/C11H15N3O5/c1-13(2)5-6-8(16)14-9(6)19-7(3-4-15)11(14,12)10(17)18/h3,5,9,15H,4,12H2,1-2H3,(H,17,18)/b6-5+,7-3-/t9-,11-/m1/s1. The van der Waals surface area contributed by atoms with E-state index in [1.165, 1.54) is 0 Å². The summed E-state index contributed by atoms with van der Waals surface area (Å²) in [6, 6.07) is 0. The Bertz CT molecular complexity index is 499. The second-order valence-electron chi connectivity index (χ2n) is 4.52. The minimum atomic E-state index is -2.06. The average molecular weight is 269 g/mol. The number of carbonyl (C=O) groups excluding carboxylic acids is 1. The van der Waals surface area contributed by atoms with Crippen molar-refractivity contribution in [3.8, 4) is 0 Å². The molecule has 0 aromatic rings. The number of carbonyl (C=O) groups is 2. The summed E-state index contributed by atoms with van der Waals surface area (Å²) in [6.45, 7) is -0.428. The molecule has 0 spiro atoms. The number of carboxylic acid groups (broad SMARTS) is 1.